The lowest BCUT2D eigenvalue weighted by molar-refractivity contribution is 0.150. The number of hydrogen-bond acceptors (Lipinski definition) is 3. The normalized spacial score (nSPS) is 9.73. The van der Waals surface area contributed by atoms with Crippen molar-refractivity contribution in [3.05, 3.63) is 28.6 Å². The number of alkyl halides is 2. The lowest BCUT2D eigenvalue weighted by Gasteiger charge is -2.08. The topological polar surface area (TPSA) is 60.5 Å². The number of aryl methyl sites for hydroxylation is 1. The summed E-state index contributed by atoms with van der Waals surface area (Å²) in [5.41, 5.74) is 0.197. The molecule has 1 heterocycles. The molecule has 0 aliphatic carbocycles. The molecule has 5 heteroatoms. The minimum atomic E-state index is -2.71. The van der Waals surface area contributed by atoms with Gasteiger partial charge in [0.2, 0.25) is 0 Å². The molecule has 1 rings (SSSR count). The Bertz CT molecular complexity index is 455. The molecule has 0 radical (unpaired) electrons. The van der Waals surface area contributed by atoms with Gasteiger partial charge in [0.15, 0.2) is 0 Å². The molecule has 1 aromatic heterocycles. The third-order valence-electron chi connectivity index (χ3n) is 2.01. The van der Waals surface area contributed by atoms with Gasteiger partial charge in [-0.2, -0.15) is 10.5 Å². The molecule has 0 saturated carbocycles. The van der Waals surface area contributed by atoms with Gasteiger partial charge in [0.25, 0.3) is 6.43 Å². The minimum Gasteiger partial charge on any atom is -0.260 e. The highest BCUT2D eigenvalue weighted by molar-refractivity contribution is 5.46. The number of nitrogens with zero attached hydrogens (tertiary/aromatic N) is 3. The van der Waals surface area contributed by atoms with E-state index < -0.39 is 6.43 Å². The van der Waals surface area contributed by atoms with Crippen LogP contribution < -0.4 is 0 Å². The van der Waals surface area contributed by atoms with E-state index in [9.17, 15) is 8.78 Å². The molecule has 0 N–H and O–H groups in total. The number of pyridine rings is 1. The van der Waals surface area contributed by atoms with Crippen molar-refractivity contribution < 1.29 is 8.78 Å². The van der Waals surface area contributed by atoms with E-state index in [-0.39, 0.29) is 23.1 Å². The molecule has 15 heavy (non-hydrogen) atoms. The van der Waals surface area contributed by atoms with Crippen molar-refractivity contribution >= 4 is 0 Å². The zero-order chi connectivity index (χ0) is 11.4. The molecule has 0 aromatic carbocycles. The van der Waals surface area contributed by atoms with Gasteiger partial charge in [0.05, 0.1) is 23.7 Å². The lowest BCUT2D eigenvalue weighted by atomic mass is 10.0. The number of aromatic nitrogens is 1. The van der Waals surface area contributed by atoms with Crippen LogP contribution in [0.15, 0.2) is 6.20 Å². The monoisotopic (exact) mass is 207 g/mol. The van der Waals surface area contributed by atoms with Crippen molar-refractivity contribution in [1.82, 2.24) is 4.98 Å². The maximum absolute atomic E-state index is 12.5. The van der Waals surface area contributed by atoms with E-state index in [0.29, 0.717) is 5.69 Å². The first-order chi connectivity index (χ1) is 7.11. The largest absolute Gasteiger partial charge is 0.265 e. The van der Waals surface area contributed by atoms with Crippen molar-refractivity contribution in [2.24, 2.45) is 0 Å². The predicted octanol–water partition coefficient (Wildman–Crippen LogP) is 2.27. The van der Waals surface area contributed by atoms with Gasteiger partial charge in [-0.3, -0.25) is 4.98 Å². The summed E-state index contributed by atoms with van der Waals surface area (Å²) in [6.45, 7) is 1.55. The molecule has 0 aliphatic heterocycles. The molecule has 0 fully saturated rings. The Hall–Kier alpha value is -2.01. The van der Waals surface area contributed by atoms with E-state index in [0.717, 1.165) is 6.20 Å². The van der Waals surface area contributed by atoms with Crippen molar-refractivity contribution in [3.63, 3.8) is 0 Å². The predicted molar refractivity (Wildman–Crippen MR) is 48.0 cm³/mol. The molecule has 0 spiro atoms. The summed E-state index contributed by atoms with van der Waals surface area (Å²) in [7, 11) is 0. The quantitative estimate of drug-likeness (QED) is 0.747. The average molecular weight is 207 g/mol. The third-order valence-corrected chi connectivity index (χ3v) is 2.01. The van der Waals surface area contributed by atoms with Gasteiger partial charge >= 0.3 is 0 Å². The Kier molecular flexibility index (Phi) is 3.30. The summed E-state index contributed by atoms with van der Waals surface area (Å²) >= 11 is 0. The summed E-state index contributed by atoms with van der Waals surface area (Å²) in [5, 5.41) is 17.3. The van der Waals surface area contributed by atoms with Gasteiger partial charge in [0, 0.05) is 11.8 Å². The van der Waals surface area contributed by atoms with Crippen LogP contribution in [-0.2, 0) is 6.42 Å². The highest BCUT2D eigenvalue weighted by Gasteiger charge is 2.18. The highest BCUT2D eigenvalue weighted by atomic mass is 19.3. The molecular weight excluding hydrogens is 200 g/mol. The molecule has 0 amide bonds. The van der Waals surface area contributed by atoms with E-state index in [1.807, 2.05) is 0 Å². The van der Waals surface area contributed by atoms with Gasteiger partial charge in [-0.15, -0.1) is 0 Å². The van der Waals surface area contributed by atoms with Crippen molar-refractivity contribution in [3.8, 4) is 12.1 Å². The van der Waals surface area contributed by atoms with Gasteiger partial charge in [0.1, 0.15) is 6.07 Å². The maximum Gasteiger partial charge on any atom is 0.265 e. The van der Waals surface area contributed by atoms with Crippen LogP contribution in [0.25, 0.3) is 0 Å². The Morgan fingerprint density at radius 2 is 2.13 bits per heavy atom. The second-order valence-electron chi connectivity index (χ2n) is 2.90. The summed E-state index contributed by atoms with van der Waals surface area (Å²) < 4.78 is 25.1. The zero-order valence-corrected chi connectivity index (χ0v) is 7.96. The van der Waals surface area contributed by atoms with Crippen molar-refractivity contribution in [2.75, 3.05) is 0 Å². The summed E-state index contributed by atoms with van der Waals surface area (Å²) in [6.07, 6.45) is -1.90. The van der Waals surface area contributed by atoms with Crippen LogP contribution >= 0.6 is 0 Å². The first-order valence-corrected chi connectivity index (χ1v) is 4.15. The number of halogens is 2. The number of nitriles is 2. The number of rotatable bonds is 2. The Morgan fingerprint density at radius 1 is 1.47 bits per heavy atom. The second kappa shape index (κ2) is 4.47. The van der Waals surface area contributed by atoms with Crippen molar-refractivity contribution in [2.45, 2.75) is 19.8 Å². The Morgan fingerprint density at radius 3 is 2.60 bits per heavy atom. The fourth-order valence-corrected chi connectivity index (χ4v) is 1.28. The SMILES string of the molecule is Cc1ncc(C(F)F)c(CC#N)c1C#N. The molecule has 0 saturated heterocycles. The van der Waals surface area contributed by atoms with E-state index >= 15 is 0 Å². The standard InChI is InChI=1S/C10H7F2N3/c1-6-8(4-14)7(2-3-13)9(5-15-6)10(11)12/h5,10H,2H2,1H3. The number of hydrogen-bond donors (Lipinski definition) is 0. The second-order valence-corrected chi connectivity index (χ2v) is 2.90. The van der Waals surface area contributed by atoms with Crippen LogP contribution in [0.2, 0.25) is 0 Å². The molecular formula is C10H7F2N3. The molecule has 76 valence electrons. The summed E-state index contributed by atoms with van der Waals surface area (Å²) in [6, 6.07) is 3.57. The van der Waals surface area contributed by atoms with Gasteiger partial charge in [-0.25, -0.2) is 8.78 Å². The molecule has 0 aliphatic rings. The van der Waals surface area contributed by atoms with Crippen molar-refractivity contribution in [1.29, 1.82) is 10.5 Å². The van der Waals surface area contributed by atoms with E-state index in [4.69, 9.17) is 10.5 Å². The summed E-state index contributed by atoms with van der Waals surface area (Å²) in [5.74, 6) is 0. The summed E-state index contributed by atoms with van der Waals surface area (Å²) in [4.78, 5) is 3.70. The van der Waals surface area contributed by atoms with Crippen LogP contribution in [0, 0.1) is 29.6 Å². The molecule has 1 aromatic rings. The van der Waals surface area contributed by atoms with Gasteiger partial charge < -0.3 is 0 Å². The fraction of sp³-hybridized carbons (Fsp3) is 0.300. The smallest absolute Gasteiger partial charge is 0.260 e. The van der Waals surface area contributed by atoms with Gasteiger partial charge in [-0.05, 0) is 12.5 Å². The first-order valence-electron chi connectivity index (χ1n) is 4.15. The van der Waals surface area contributed by atoms with Gasteiger partial charge in [-0.1, -0.05) is 0 Å². The molecule has 0 atom stereocenters. The maximum atomic E-state index is 12.5. The fourth-order valence-electron chi connectivity index (χ4n) is 1.28. The first kappa shape index (κ1) is 11.1. The third kappa shape index (κ3) is 2.08. The van der Waals surface area contributed by atoms with E-state index in [1.165, 1.54) is 0 Å². The van der Waals surface area contributed by atoms with E-state index in [1.54, 1.807) is 19.1 Å². The Balaban J connectivity index is 3.45. The zero-order valence-electron chi connectivity index (χ0n) is 7.96. The molecule has 3 nitrogen and oxygen atoms in total. The van der Waals surface area contributed by atoms with Crippen LogP contribution in [-0.4, -0.2) is 4.98 Å². The lowest BCUT2D eigenvalue weighted by Crippen LogP contribution is -2.02. The van der Waals surface area contributed by atoms with Crippen LogP contribution in [0.5, 0.6) is 0 Å². The van der Waals surface area contributed by atoms with Crippen LogP contribution in [0.3, 0.4) is 0 Å². The minimum absolute atomic E-state index is 0.0781. The van der Waals surface area contributed by atoms with E-state index in [2.05, 4.69) is 4.98 Å². The van der Waals surface area contributed by atoms with Crippen LogP contribution in [0.4, 0.5) is 8.78 Å². The molecule has 0 bridgehead atoms. The van der Waals surface area contributed by atoms with Crippen LogP contribution in [0.1, 0.15) is 28.8 Å². The molecule has 0 unspecified atom stereocenters. The average Bonchev–Trinajstić information content (AvgIpc) is 2.18. The highest BCUT2D eigenvalue weighted by Crippen LogP contribution is 2.26. The Labute approximate surface area is 85.6 Å².